The highest BCUT2D eigenvalue weighted by Gasteiger charge is 2.05. The lowest BCUT2D eigenvalue weighted by molar-refractivity contribution is 0.259. The second kappa shape index (κ2) is 59.2. The van der Waals surface area contributed by atoms with E-state index in [0.29, 0.717) is 0 Å². The Morgan fingerprint density at radius 2 is 0.615 bits per heavy atom. The number of piperazine rings is 1. The molecule has 0 aromatic rings. The molecule has 0 unspecified atom stereocenters. The molecule has 4 heteroatoms. The Kier molecular flexibility index (Phi) is 58.3. The van der Waals surface area contributed by atoms with Gasteiger partial charge in [-0.2, -0.15) is 0 Å². The molecule has 65 heavy (non-hydrogen) atoms. The molecule has 0 saturated carbocycles. The Hall–Kier alpha value is -0.940. The van der Waals surface area contributed by atoms with Crippen molar-refractivity contribution in [3.05, 3.63) is 36.5 Å². The summed E-state index contributed by atoms with van der Waals surface area (Å²) < 4.78 is 0. The summed E-state index contributed by atoms with van der Waals surface area (Å²) in [6.45, 7) is 17.9. The number of rotatable bonds is 51. The molecule has 386 valence electrons. The van der Waals surface area contributed by atoms with Gasteiger partial charge in [-0.3, -0.25) is 0 Å². The molecule has 0 aromatic carbocycles. The maximum Gasteiger partial charge on any atom is 0.0107 e. The quantitative estimate of drug-likeness (QED) is 0.0470. The molecule has 1 fully saturated rings. The summed E-state index contributed by atoms with van der Waals surface area (Å²) in [7, 11) is 2.15. The lowest BCUT2D eigenvalue weighted by Gasteiger charge is -2.22. The number of hydrogen-bond donors (Lipinski definition) is 2. The van der Waals surface area contributed by atoms with Crippen molar-refractivity contribution in [3.63, 3.8) is 0 Å². The van der Waals surface area contributed by atoms with E-state index in [1.54, 1.807) is 0 Å². The molecule has 0 radical (unpaired) electrons. The van der Waals surface area contributed by atoms with Gasteiger partial charge >= 0.3 is 0 Å². The van der Waals surface area contributed by atoms with Crippen LogP contribution in [-0.2, 0) is 0 Å². The van der Waals surface area contributed by atoms with Crippen LogP contribution in [0.5, 0.6) is 0 Å². The summed E-state index contributed by atoms with van der Waals surface area (Å²) in [5.41, 5.74) is 0. The van der Waals surface area contributed by atoms with E-state index in [0.717, 1.165) is 13.1 Å². The molecule has 1 rings (SSSR count). The number of unbranched alkanes of at least 4 members (excludes halogenated alkanes) is 36. The molecule has 0 amide bonds. The van der Waals surface area contributed by atoms with Gasteiger partial charge in [-0.15, -0.1) is 0 Å². The Balaban J connectivity index is 0.00000529. The minimum absolute atomic E-state index is 1.16. The number of likely N-dealkylation sites (N-methyl/N-ethyl adjacent to an activating group) is 1. The van der Waals surface area contributed by atoms with E-state index in [1.807, 2.05) is 0 Å². The third-order valence-electron chi connectivity index (χ3n) is 13.8. The second-order valence-corrected chi connectivity index (χ2v) is 20.5. The summed E-state index contributed by atoms with van der Waals surface area (Å²) in [6, 6.07) is 0. The predicted molar refractivity (Wildman–Crippen MR) is 298 cm³/mol. The topological polar surface area (TPSA) is 30.5 Å². The van der Waals surface area contributed by atoms with E-state index in [-0.39, 0.29) is 0 Å². The molecule has 0 spiro atoms. The molecule has 1 aliphatic heterocycles. The van der Waals surface area contributed by atoms with Crippen molar-refractivity contribution in [2.75, 3.05) is 66.0 Å². The van der Waals surface area contributed by atoms with Crippen molar-refractivity contribution in [3.8, 4) is 0 Å². The number of nitrogens with zero attached hydrogens (tertiary/aromatic N) is 2. The lowest BCUT2D eigenvalue weighted by atomic mass is 10.1. The zero-order valence-corrected chi connectivity index (χ0v) is 45.4. The Bertz CT molecular complexity index is 881. The molecule has 0 aliphatic carbocycles. The van der Waals surface area contributed by atoms with Gasteiger partial charge in [0, 0.05) is 39.3 Å². The minimum atomic E-state index is 1.16. The normalized spacial score (nSPS) is 13.6. The van der Waals surface area contributed by atoms with Crippen molar-refractivity contribution in [1.82, 2.24) is 20.4 Å². The zero-order chi connectivity index (χ0) is 46.9. The fourth-order valence-corrected chi connectivity index (χ4v) is 9.14. The molecule has 0 atom stereocenters. The lowest BCUT2D eigenvalue weighted by Crippen LogP contribution is -2.40. The highest BCUT2D eigenvalue weighted by atomic mass is 15.2. The van der Waals surface area contributed by atoms with E-state index < -0.39 is 0 Å². The van der Waals surface area contributed by atoms with Gasteiger partial charge in [0.25, 0.3) is 0 Å². The van der Waals surface area contributed by atoms with E-state index >= 15 is 0 Å². The molecule has 1 saturated heterocycles. The molecule has 0 aromatic heterocycles. The van der Waals surface area contributed by atoms with Crippen LogP contribution in [0.15, 0.2) is 36.5 Å². The third kappa shape index (κ3) is 57.3. The molecular formula is C61H122N4. The van der Waals surface area contributed by atoms with Gasteiger partial charge in [-0.1, -0.05) is 231 Å². The van der Waals surface area contributed by atoms with Crippen LogP contribution in [0.2, 0.25) is 0 Å². The standard InChI is InChI=1S/C56H110N2.C5H12N2/c1-4-7-10-13-16-19-22-25-28-31-34-37-40-43-46-49-52-57-53-56-58(54-50-47-44-41-38-35-32-29-26-23-20-17-14-11-8-5-2)55-51-48-45-42-39-36-33-30-27-24-21-18-15-12-9-6-3;1-7-4-2-6-3-5-7/h25-30,57H,4-24,31-56H2,1-3H3;6H,2-5H2,1H3/b28-25-,29-26-,30-27-;. The van der Waals surface area contributed by atoms with E-state index in [4.69, 9.17) is 0 Å². The van der Waals surface area contributed by atoms with Crippen LogP contribution in [0.3, 0.4) is 0 Å². The minimum Gasteiger partial charge on any atom is -0.315 e. The fraction of sp³-hybridized carbons (Fsp3) is 0.902. The smallest absolute Gasteiger partial charge is 0.0107 e. The molecule has 0 bridgehead atoms. The first-order valence-corrected chi connectivity index (χ1v) is 30.0. The SMILES string of the molecule is CCCCCCCC/C=C\CCCCCCCCNCCN(CCCCCCCC/C=C\CCCCCCCC)CCCCCCCC/C=C\CCCCCCCC.CN1CCNCC1. The maximum absolute atomic E-state index is 3.82. The van der Waals surface area contributed by atoms with Crippen LogP contribution >= 0.6 is 0 Å². The van der Waals surface area contributed by atoms with E-state index in [9.17, 15) is 0 Å². The predicted octanol–water partition coefficient (Wildman–Crippen LogP) is 18.5. The molecule has 1 aliphatic rings. The number of hydrogen-bond acceptors (Lipinski definition) is 4. The highest BCUT2D eigenvalue weighted by Crippen LogP contribution is 2.14. The van der Waals surface area contributed by atoms with Gasteiger partial charge in [0.1, 0.15) is 0 Å². The average molecular weight is 912 g/mol. The van der Waals surface area contributed by atoms with Crippen LogP contribution in [0.25, 0.3) is 0 Å². The first kappa shape index (κ1) is 64.1. The Labute approximate surface area is 411 Å². The maximum atomic E-state index is 3.82. The van der Waals surface area contributed by atoms with Gasteiger partial charge in [0.15, 0.2) is 0 Å². The Morgan fingerprint density at radius 1 is 0.338 bits per heavy atom. The summed E-state index contributed by atoms with van der Waals surface area (Å²) in [6.07, 6.45) is 73.2. The van der Waals surface area contributed by atoms with Crippen molar-refractivity contribution in [2.45, 2.75) is 290 Å². The highest BCUT2D eigenvalue weighted by molar-refractivity contribution is 4.83. The monoisotopic (exact) mass is 911 g/mol. The largest absolute Gasteiger partial charge is 0.315 e. The van der Waals surface area contributed by atoms with Crippen molar-refractivity contribution in [1.29, 1.82) is 0 Å². The first-order valence-electron chi connectivity index (χ1n) is 30.0. The summed E-state index contributed by atoms with van der Waals surface area (Å²) in [4.78, 5) is 5.13. The Morgan fingerprint density at radius 3 is 0.908 bits per heavy atom. The van der Waals surface area contributed by atoms with Gasteiger partial charge in [0.05, 0.1) is 0 Å². The van der Waals surface area contributed by atoms with Gasteiger partial charge in [-0.05, 0) is 123 Å². The van der Waals surface area contributed by atoms with Crippen LogP contribution in [0, 0.1) is 0 Å². The van der Waals surface area contributed by atoms with Gasteiger partial charge in [0.2, 0.25) is 0 Å². The number of allylic oxidation sites excluding steroid dienone is 6. The van der Waals surface area contributed by atoms with E-state index in [2.05, 4.69) is 84.7 Å². The average Bonchev–Trinajstić information content (AvgIpc) is 3.32. The number of nitrogens with one attached hydrogen (secondary N) is 2. The molecule has 2 N–H and O–H groups in total. The summed E-state index contributed by atoms with van der Waals surface area (Å²) in [5, 5.41) is 7.09. The molecule has 1 heterocycles. The van der Waals surface area contributed by atoms with Gasteiger partial charge in [-0.25, -0.2) is 0 Å². The van der Waals surface area contributed by atoms with Crippen molar-refractivity contribution < 1.29 is 0 Å². The third-order valence-corrected chi connectivity index (χ3v) is 13.8. The van der Waals surface area contributed by atoms with Crippen LogP contribution in [0.4, 0.5) is 0 Å². The van der Waals surface area contributed by atoms with Crippen LogP contribution < -0.4 is 10.6 Å². The van der Waals surface area contributed by atoms with Crippen molar-refractivity contribution in [2.24, 2.45) is 0 Å². The van der Waals surface area contributed by atoms with Crippen LogP contribution in [0.1, 0.15) is 290 Å². The van der Waals surface area contributed by atoms with E-state index in [1.165, 1.54) is 315 Å². The molecular weight excluding hydrogens is 789 g/mol. The zero-order valence-electron chi connectivity index (χ0n) is 45.4. The summed E-state index contributed by atoms with van der Waals surface area (Å²) >= 11 is 0. The summed E-state index contributed by atoms with van der Waals surface area (Å²) in [5.74, 6) is 0. The first-order chi connectivity index (χ1) is 32.2. The molecule has 4 nitrogen and oxygen atoms in total. The van der Waals surface area contributed by atoms with Gasteiger partial charge < -0.3 is 20.4 Å². The second-order valence-electron chi connectivity index (χ2n) is 20.5. The van der Waals surface area contributed by atoms with Crippen LogP contribution in [-0.4, -0.2) is 75.8 Å². The van der Waals surface area contributed by atoms with Crippen molar-refractivity contribution >= 4 is 0 Å². The fourth-order valence-electron chi connectivity index (χ4n) is 9.14.